The highest BCUT2D eigenvalue weighted by atomic mass is 15.3. The van der Waals surface area contributed by atoms with E-state index < -0.39 is 0 Å². The third-order valence-corrected chi connectivity index (χ3v) is 4.30. The molecule has 100 valence electrons. The summed E-state index contributed by atoms with van der Waals surface area (Å²) in [6, 6.07) is 9.98. The molecule has 2 heteroatoms. The topological polar surface area (TPSA) is 8.88 Å². The van der Waals surface area contributed by atoms with E-state index in [1.807, 2.05) is 0 Å². The van der Waals surface area contributed by atoms with Crippen molar-refractivity contribution in [2.45, 2.75) is 39.8 Å². The van der Waals surface area contributed by atoms with Crippen LogP contribution in [0, 0.1) is 0 Å². The Hall–Kier alpha value is -0.860. The van der Waals surface area contributed by atoms with Gasteiger partial charge in [0.2, 0.25) is 0 Å². The van der Waals surface area contributed by atoms with E-state index >= 15 is 0 Å². The number of quaternary nitrogens is 2. The van der Waals surface area contributed by atoms with Crippen LogP contribution in [-0.4, -0.2) is 32.2 Å². The molecule has 0 bridgehead atoms. The summed E-state index contributed by atoms with van der Waals surface area (Å²) >= 11 is 0. The fourth-order valence-corrected chi connectivity index (χ4v) is 2.86. The molecule has 2 nitrogen and oxygen atoms in total. The Morgan fingerprint density at radius 3 is 2.00 bits per heavy atom. The van der Waals surface area contributed by atoms with E-state index in [-0.39, 0.29) is 0 Å². The SMILES string of the molecule is CCc1ccc(C[NH+]2CC[NH+](C(C)C)CC2)cc1. The van der Waals surface area contributed by atoms with Gasteiger partial charge in [0.05, 0.1) is 6.04 Å². The average Bonchev–Trinajstić information content (AvgIpc) is 2.40. The smallest absolute Gasteiger partial charge is 0.127 e. The second-order valence-electron chi connectivity index (χ2n) is 5.91. The maximum atomic E-state index is 2.34. The number of benzene rings is 1. The quantitative estimate of drug-likeness (QED) is 0.739. The van der Waals surface area contributed by atoms with E-state index in [0.29, 0.717) is 0 Å². The summed E-state index contributed by atoms with van der Waals surface area (Å²) in [7, 11) is 0. The molecule has 2 rings (SSSR count). The maximum Gasteiger partial charge on any atom is 0.127 e. The molecule has 0 spiro atoms. The van der Waals surface area contributed by atoms with Gasteiger partial charge in [-0.05, 0) is 25.8 Å². The first-order valence-corrected chi connectivity index (χ1v) is 7.45. The number of nitrogens with one attached hydrogen (secondary N) is 2. The molecule has 1 aromatic carbocycles. The molecule has 0 saturated carbocycles. The van der Waals surface area contributed by atoms with E-state index in [2.05, 4.69) is 45.0 Å². The normalized spacial score (nSPS) is 24.4. The molecule has 2 N–H and O–H groups in total. The molecule has 0 atom stereocenters. The summed E-state index contributed by atoms with van der Waals surface area (Å²) in [5.74, 6) is 0. The van der Waals surface area contributed by atoms with Gasteiger partial charge in [0, 0.05) is 5.56 Å². The summed E-state index contributed by atoms with van der Waals surface area (Å²) < 4.78 is 0. The second-order valence-corrected chi connectivity index (χ2v) is 5.91. The lowest BCUT2D eigenvalue weighted by atomic mass is 10.1. The van der Waals surface area contributed by atoms with Gasteiger partial charge < -0.3 is 9.80 Å². The molecular formula is C16H28N2+2. The molecule has 0 aromatic heterocycles. The lowest BCUT2D eigenvalue weighted by Gasteiger charge is -2.32. The van der Waals surface area contributed by atoms with Crippen molar-refractivity contribution in [2.75, 3.05) is 26.2 Å². The molecular weight excluding hydrogens is 220 g/mol. The van der Waals surface area contributed by atoms with Gasteiger partial charge >= 0.3 is 0 Å². The van der Waals surface area contributed by atoms with Crippen molar-refractivity contribution in [1.82, 2.24) is 0 Å². The number of aryl methyl sites for hydroxylation is 1. The number of rotatable bonds is 4. The Kier molecular flexibility index (Phi) is 4.79. The minimum absolute atomic E-state index is 0.787. The van der Waals surface area contributed by atoms with Crippen molar-refractivity contribution in [3.8, 4) is 0 Å². The van der Waals surface area contributed by atoms with Crippen LogP contribution in [0.2, 0.25) is 0 Å². The molecule has 0 amide bonds. The van der Waals surface area contributed by atoms with Crippen LogP contribution in [0.25, 0.3) is 0 Å². The van der Waals surface area contributed by atoms with Crippen LogP contribution in [0.1, 0.15) is 31.9 Å². The highest BCUT2D eigenvalue weighted by Crippen LogP contribution is 2.03. The molecule has 0 aliphatic carbocycles. The van der Waals surface area contributed by atoms with E-state index in [0.717, 1.165) is 12.5 Å². The molecule has 1 heterocycles. The lowest BCUT2D eigenvalue weighted by Crippen LogP contribution is -3.28. The summed E-state index contributed by atoms with van der Waals surface area (Å²) in [5, 5.41) is 0. The van der Waals surface area contributed by atoms with Gasteiger partial charge in [-0.15, -0.1) is 0 Å². The molecule has 0 radical (unpaired) electrons. The predicted molar refractivity (Wildman–Crippen MR) is 76.1 cm³/mol. The zero-order valence-corrected chi connectivity index (χ0v) is 12.1. The predicted octanol–water partition coefficient (Wildman–Crippen LogP) is -0.0592. The Morgan fingerprint density at radius 2 is 1.50 bits per heavy atom. The van der Waals surface area contributed by atoms with E-state index in [1.54, 1.807) is 9.80 Å². The second kappa shape index (κ2) is 6.35. The van der Waals surface area contributed by atoms with Crippen LogP contribution in [0.3, 0.4) is 0 Å². The fourth-order valence-electron chi connectivity index (χ4n) is 2.86. The number of hydrogen-bond donors (Lipinski definition) is 2. The van der Waals surface area contributed by atoms with Crippen LogP contribution in [0.4, 0.5) is 0 Å². The summed E-state index contributed by atoms with van der Waals surface area (Å²) in [5.41, 5.74) is 2.94. The van der Waals surface area contributed by atoms with Gasteiger partial charge in [0.25, 0.3) is 0 Å². The van der Waals surface area contributed by atoms with Crippen molar-refractivity contribution in [3.63, 3.8) is 0 Å². The number of hydrogen-bond acceptors (Lipinski definition) is 0. The van der Waals surface area contributed by atoms with Crippen molar-refractivity contribution < 1.29 is 9.80 Å². The van der Waals surface area contributed by atoms with E-state index in [1.165, 1.54) is 43.9 Å². The molecule has 18 heavy (non-hydrogen) atoms. The lowest BCUT2D eigenvalue weighted by molar-refractivity contribution is -1.03. The van der Waals surface area contributed by atoms with Crippen LogP contribution in [0.5, 0.6) is 0 Å². The minimum Gasteiger partial charge on any atom is -0.324 e. The van der Waals surface area contributed by atoms with Gasteiger partial charge in [-0.2, -0.15) is 0 Å². The Balaban J connectivity index is 1.83. The van der Waals surface area contributed by atoms with E-state index in [4.69, 9.17) is 0 Å². The standard InChI is InChI=1S/C16H26N2/c1-4-15-5-7-16(8-6-15)13-17-9-11-18(12-10-17)14(2)3/h5-8,14H,4,9-13H2,1-3H3/p+2. The first-order chi connectivity index (χ1) is 8.69. The molecule has 1 fully saturated rings. The van der Waals surface area contributed by atoms with Crippen molar-refractivity contribution in [2.24, 2.45) is 0 Å². The third kappa shape index (κ3) is 3.56. The summed E-state index contributed by atoms with van der Waals surface area (Å²) in [6.45, 7) is 13.4. The Morgan fingerprint density at radius 1 is 0.944 bits per heavy atom. The first-order valence-electron chi connectivity index (χ1n) is 7.45. The summed E-state index contributed by atoms with van der Waals surface area (Å²) in [6.07, 6.45) is 1.14. The Labute approximate surface area is 112 Å². The highest BCUT2D eigenvalue weighted by Gasteiger charge is 2.24. The van der Waals surface area contributed by atoms with Crippen LogP contribution in [-0.2, 0) is 13.0 Å². The average molecular weight is 248 g/mol. The molecule has 1 aliphatic rings. The third-order valence-electron chi connectivity index (χ3n) is 4.30. The van der Waals surface area contributed by atoms with Gasteiger partial charge in [0.15, 0.2) is 0 Å². The monoisotopic (exact) mass is 248 g/mol. The van der Waals surface area contributed by atoms with Gasteiger partial charge in [-0.3, -0.25) is 0 Å². The fraction of sp³-hybridized carbons (Fsp3) is 0.625. The molecule has 1 aromatic rings. The minimum atomic E-state index is 0.787. The van der Waals surface area contributed by atoms with Crippen molar-refractivity contribution in [1.29, 1.82) is 0 Å². The summed E-state index contributed by atoms with van der Waals surface area (Å²) in [4.78, 5) is 3.53. The van der Waals surface area contributed by atoms with Gasteiger partial charge in [-0.25, -0.2) is 0 Å². The zero-order chi connectivity index (χ0) is 13.0. The Bertz CT molecular complexity index is 348. The molecule has 0 unspecified atom stereocenters. The van der Waals surface area contributed by atoms with E-state index in [9.17, 15) is 0 Å². The highest BCUT2D eigenvalue weighted by molar-refractivity contribution is 5.21. The van der Waals surface area contributed by atoms with Crippen LogP contribution in [0.15, 0.2) is 24.3 Å². The van der Waals surface area contributed by atoms with Crippen LogP contribution < -0.4 is 9.80 Å². The molecule has 1 aliphatic heterocycles. The first kappa shape index (κ1) is 13.6. The van der Waals surface area contributed by atoms with Crippen LogP contribution >= 0.6 is 0 Å². The van der Waals surface area contributed by atoms with Gasteiger partial charge in [0.1, 0.15) is 32.7 Å². The van der Waals surface area contributed by atoms with Crippen molar-refractivity contribution in [3.05, 3.63) is 35.4 Å². The zero-order valence-electron chi connectivity index (χ0n) is 12.1. The molecule has 1 saturated heterocycles. The maximum absolute atomic E-state index is 2.34. The van der Waals surface area contributed by atoms with Crippen molar-refractivity contribution >= 4 is 0 Å². The van der Waals surface area contributed by atoms with Gasteiger partial charge in [-0.1, -0.05) is 31.2 Å². The largest absolute Gasteiger partial charge is 0.324 e. The number of piperazine rings is 1.